The van der Waals surface area contributed by atoms with E-state index in [1.165, 1.54) is 11.2 Å². The van der Waals surface area contributed by atoms with E-state index >= 15 is 0 Å². The Morgan fingerprint density at radius 2 is 2.09 bits per heavy atom. The summed E-state index contributed by atoms with van der Waals surface area (Å²) >= 11 is 0. The second-order valence-corrected chi connectivity index (χ2v) is 4.56. The summed E-state index contributed by atoms with van der Waals surface area (Å²) in [5, 5.41) is 2.75. The summed E-state index contributed by atoms with van der Waals surface area (Å²) in [5.41, 5.74) is 0. The van der Waals surface area contributed by atoms with Crippen molar-refractivity contribution in [3.63, 3.8) is 0 Å². The van der Waals surface area contributed by atoms with Crippen molar-refractivity contribution >= 4 is 9.84 Å². The molecule has 0 aromatic rings. The van der Waals surface area contributed by atoms with E-state index in [4.69, 9.17) is 0 Å². The first kappa shape index (κ1) is 10.3. The number of sulfone groups is 1. The number of hydrogen-bond acceptors (Lipinski definition) is 4. The van der Waals surface area contributed by atoms with Crippen LogP contribution < -0.4 is 5.32 Å². The van der Waals surface area contributed by atoms with Crippen molar-refractivity contribution in [1.82, 2.24) is 10.2 Å². The summed E-state index contributed by atoms with van der Waals surface area (Å²) in [7, 11) is 0.409. The number of nitrogens with one attached hydrogen (secondary N) is 1. The third-order valence-corrected chi connectivity index (χ3v) is 2.03. The van der Waals surface area contributed by atoms with Crippen molar-refractivity contribution in [2.24, 2.45) is 0 Å². The first-order valence-electron chi connectivity index (χ1n) is 3.12. The van der Waals surface area contributed by atoms with Gasteiger partial charge in [0.05, 0.1) is 5.82 Å². The number of hydrogen-bond donors (Lipinski definition) is 1. The van der Waals surface area contributed by atoms with Crippen LogP contribution in [0.3, 0.4) is 0 Å². The van der Waals surface area contributed by atoms with Crippen LogP contribution in [-0.2, 0) is 9.84 Å². The van der Waals surface area contributed by atoms with Crippen LogP contribution in [0.1, 0.15) is 0 Å². The smallest absolute Gasteiger partial charge is 0.165 e. The SMILES string of the molecule is C=C(NC)N(C)CS(C)(=O)=O. The van der Waals surface area contributed by atoms with Crippen molar-refractivity contribution in [3.8, 4) is 0 Å². The molecule has 0 radical (unpaired) electrons. The summed E-state index contributed by atoms with van der Waals surface area (Å²) < 4.78 is 21.5. The van der Waals surface area contributed by atoms with Crippen molar-refractivity contribution in [2.75, 3.05) is 26.2 Å². The Labute approximate surface area is 67.8 Å². The standard InChI is InChI=1S/C6H14N2O2S/c1-6(7-2)8(3)5-11(4,9)10/h7H,1,5H2,2-4H3. The summed E-state index contributed by atoms with van der Waals surface area (Å²) in [4.78, 5) is 1.54. The Hall–Kier alpha value is -0.710. The Morgan fingerprint density at radius 1 is 1.64 bits per heavy atom. The van der Waals surface area contributed by atoms with Gasteiger partial charge in [-0.1, -0.05) is 6.58 Å². The normalized spacial score (nSPS) is 10.8. The largest absolute Gasteiger partial charge is 0.375 e. The van der Waals surface area contributed by atoms with Crippen LogP contribution >= 0.6 is 0 Å². The van der Waals surface area contributed by atoms with E-state index in [1.54, 1.807) is 14.1 Å². The molecule has 66 valence electrons. The van der Waals surface area contributed by atoms with Gasteiger partial charge >= 0.3 is 0 Å². The molecule has 0 amide bonds. The van der Waals surface area contributed by atoms with Crippen molar-refractivity contribution in [1.29, 1.82) is 0 Å². The summed E-state index contributed by atoms with van der Waals surface area (Å²) in [6.07, 6.45) is 1.19. The van der Waals surface area contributed by atoms with E-state index in [9.17, 15) is 8.42 Å². The molecule has 5 heteroatoms. The highest BCUT2D eigenvalue weighted by Gasteiger charge is 2.07. The maximum absolute atomic E-state index is 10.8. The third kappa shape index (κ3) is 4.66. The zero-order valence-electron chi connectivity index (χ0n) is 7.09. The van der Waals surface area contributed by atoms with E-state index in [2.05, 4.69) is 11.9 Å². The van der Waals surface area contributed by atoms with Gasteiger partial charge in [0.1, 0.15) is 5.88 Å². The van der Waals surface area contributed by atoms with Gasteiger partial charge in [-0.3, -0.25) is 0 Å². The predicted molar refractivity (Wildman–Crippen MR) is 45.7 cm³/mol. The van der Waals surface area contributed by atoms with Crippen LogP contribution in [0, 0.1) is 0 Å². The second kappa shape index (κ2) is 3.61. The fraction of sp³-hybridized carbons (Fsp3) is 0.667. The molecule has 0 aromatic carbocycles. The lowest BCUT2D eigenvalue weighted by Gasteiger charge is -2.19. The molecule has 0 aliphatic rings. The molecule has 1 N–H and O–H groups in total. The lowest BCUT2D eigenvalue weighted by atomic mass is 10.7. The molecule has 0 aromatic heterocycles. The first-order valence-corrected chi connectivity index (χ1v) is 5.18. The molecular formula is C6H14N2O2S. The topological polar surface area (TPSA) is 49.4 Å². The Bertz CT molecular complexity index is 233. The molecule has 4 nitrogen and oxygen atoms in total. The predicted octanol–water partition coefficient (Wildman–Crippen LogP) is -0.389. The number of rotatable bonds is 4. The quantitative estimate of drug-likeness (QED) is 0.637. The van der Waals surface area contributed by atoms with Gasteiger partial charge in [-0.2, -0.15) is 0 Å². The summed E-state index contributed by atoms with van der Waals surface area (Å²) in [5.74, 6) is 0.586. The maximum Gasteiger partial charge on any atom is 0.165 e. The van der Waals surface area contributed by atoms with Crippen LogP contribution in [0.5, 0.6) is 0 Å². The minimum Gasteiger partial charge on any atom is -0.375 e. The van der Waals surface area contributed by atoms with E-state index in [0.29, 0.717) is 5.82 Å². The molecule has 0 unspecified atom stereocenters. The van der Waals surface area contributed by atoms with Crippen LogP contribution in [0.15, 0.2) is 12.4 Å². The van der Waals surface area contributed by atoms with Crippen LogP contribution in [0.4, 0.5) is 0 Å². The van der Waals surface area contributed by atoms with Gasteiger partial charge in [-0.05, 0) is 0 Å². The van der Waals surface area contributed by atoms with Crippen molar-refractivity contribution in [3.05, 3.63) is 12.4 Å². The lowest BCUT2D eigenvalue weighted by Crippen LogP contribution is -2.29. The Balaban J connectivity index is 4.09. The molecule has 0 saturated heterocycles. The Kier molecular flexibility index (Phi) is 3.38. The monoisotopic (exact) mass is 178 g/mol. The average molecular weight is 178 g/mol. The van der Waals surface area contributed by atoms with Gasteiger partial charge in [-0.15, -0.1) is 0 Å². The summed E-state index contributed by atoms with van der Waals surface area (Å²) in [6, 6.07) is 0. The zero-order chi connectivity index (χ0) is 9.07. The van der Waals surface area contributed by atoms with Crippen LogP contribution in [0.2, 0.25) is 0 Å². The fourth-order valence-electron chi connectivity index (χ4n) is 0.621. The number of nitrogens with zero attached hydrogens (tertiary/aromatic N) is 1. The molecule has 0 spiro atoms. The minimum atomic E-state index is -2.95. The van der Waals surface area contributed by atoms with Gasteiger partial charge in [0.25, 0.3) is 0 Å². The van der Waals surface area contributed by atoms with Crippen LogP contribution in [0.25, 0.3) is 0 Å². The fourth-order valence-corrected chi connectivity index (χ4v) is 1.48. The highest BCUT2D eigenvalue weighted by atomic mass is 32.2. The highest BCUT2D eigenvalue weighted by molar-refractivity contribution is 7.90. The van der Waals surface area contributed by atoms with Gasteiger partial charge in [0.15, 0.2) is 9.84 Å². The molecule has 0 rings (SSSR count). The molecule has 0 saturated carbocycles. The molecule has 0 aliphatic heterocycles. The van der Waals surface area contributed by atoms with Crippen LogP contribution in [-0.4, -0.2) is 39.5 Å². The molecule has 0 bridgehead atoms. The van der Waals surface area contributed by atoms with Gasteiger partial charge < -0.3 is 10.2 Å². The third-order valence-electron chi connectivity index (χ3n) is 1.18. The van der Waals surface area contributed by atoms with Gasteiger partial charge in [0.2, 0.25) is 0 Å². The molecule has 0 aliphatic carbocycles. The highest BCUT2D eigenvalue weighted by Crippen LogP contribution is 1.95. The van der Waals surface area contributed by atoms with Crippen molar-refractivity contribution in [2.45, 2.75) is 0 Å². The van der Waals surface area contributed by atoms with Crippen molar-refractivity contribution < 1.29 is 8.42 Å². The van der Waals surface area contributed by atoms with E-state index in [0.717, 1.165) is 0 Å². The molecule has 0 heterocycles. The lowest BCUT2D eigenvalue weighted by molar-refractivity contribution is 0.444. The Morgan fingerprint density at radius 3 is 2.36 bits per heavy atom. The van der Waals surface area contributed by atoms with Gasteiger partial charge in [0, 0.05) is 20.4 Å². The second-order valence-electron chi connectivity index (χ2n) is 2.45. The molecule has 0 fully saturated rings. The molecule has 11 heavy (non-hydrogen) atoms. The maximum atomic E-state index is 10.8. The molecule has 0 atom stereocenters. The average Bonchev–Trinajstić information content (AvgIpc) is 1.82. The minimum absolute atomic E-state index is 0.00727. The zero-order valence-corrected chi connectivity index (χ0v) is 7.90. The van der Waals surface area contributed by atoms with E-state index < -0.39 is 9.84 Å². The summed E-state index contributed by atoms with van der Waals surface area (Å²) in [6.45, 7) is 3.61. The van der Waals surface area contributed by atoms with E-state index in [1.807, 2.05) is 0 Å². The van der Waals surface area contributed by atoms with Gasteiger partial charge in [-0.25, -0.2) is 8.42 Å². The first-order chi connectivity index (χ1) is 4.87. The van der Waals surface area contributed by atoms with E-state index in [-0.39, 0.29) is 5.88 Å². The molecular weight excluding hydrogens is 164 g/mol.